The molecule has 4 rings (SSSR count). The largest absolute Gasteiger partial charge is 0.276 e. The van der Waals surface area contributed by atoms with Gasteiger partial charge in [0.1, 0.15) is 5.82 Å². The fourth-order valence-electron chi connectivity index (χ4n) is 3.13. The van der Waals surface area contributed by atoms with Gasteiger partial charge in [0.05, 0.1) is 10.9 Å². The number of hydrogen-bond acceptors (Lipinski definition) is 4. The lowest BCUT2D eigenvalue weighted by atomic mass is 10.2. The number of nitrogens with zero attached hydrogens (tertiary/aromatic N) is 4. The predicted molar refractivity (Wildman–Crippen MR) is 113 cm³/mol. The van der Waals surface area contributed by atoms with E-state index in [0.717, 1.165) is 18.4 Å². The SMILES string of the molecule is CCCCn1c(=O)c2ccccc2n2c(SCc3ccc(Br)cc3F)nnc12. The first-order valence-corrected chi connectivity index (χ1v) is 10.8. The molecule has 0 aliphatic rings. The number of para-hydroxylation sites is 1. The summed E-state index contributed by atoms with van der Waals surface area (Å²) in [7, 11) is 0. The van der Waals surface area contributed by atoms with Crippen LogP contribution in [0.3, 0.4) is 0 Å². The van der Waals surface area contributed by atoms with Crippen molar-refractivity contribution in [2.45, 2.75) is 37.2 Å². The highest BCUT2D eigenvalue weighted by molar-refractivity contribution is 9.10. The van der Waals surface area contributed by atoms with Crippen LogP contribution in [0.1, 0.15) is 25.3 Å². The Morgan fingerprint density at radius 3 is 2.79 bits per heavy atom. The van der Waals surface area contributed by atoms with Gasteiger partial charge in [-0.05, 0) is 36.2 Å². The molecule has 0 saturated heterocycles. The summed E-state index contributed by atoms with van der Waals surface area (Å²) in [6, 6.07) is 12.5. The summed E-state index contributed by atoms with van der Waals surface area (Å²) in [6.45, 7) is 2.68. The van der Waals surface area contributed by atoms with Crippen molar-refractivity contribution in [3.63, 3.8) is 0 Å². The molecule has 0 fully saturated rings. The fraction of sp³-hybridized carbons (Fsp3) is 0.250. The molecule has 2 heterocycles. The molecule has 0 spiro atoms. The van der Waals surface area contributed by atoms with Crippen LogP contribution < -0.4 is 5.56 Å². The molecule has 5 nitrogen and oxygen atoms in total. The van der Waals surface area contributed by atoms with E-state index in [0.29, 0.717) is 38.7 Å². The highest BCUT2D eigenvalue weighted by Gasteiger charge is 2.17. The van der Waals surface area contributed by atoms with Gasteiger partial charge in [-0.1, -0.05) is 59.2 Å². The Morgan fingerprint density at radius 1 is 1.18 bits per heavy atom. The number of aryl methyl sites for hydroxylation is 1. The van der Waals surface area contributed by atoms with E-state index in [-0.39, 0.29) is 11.4 Å². The zero-order valence-electron chi connectivity index (χ0n) is 15.2. The van der Waals surface area contributed by atoms with E-state index < -0.39 is 0 Å². The van der Waals surface area contributed by atoms with Crippen molar-refractivity contribution in [3.8, 4) is 0 Å². The first-order valence-electron chi connectivity index (χ1n) is 9.03. The number of aromatic nitrogens is 4. The van der Waals surface area contributed by atoms with Gasteiger partial charge in [0.25, 0.3) is 5.56 Å². The second kappa shape index (κ2) is 8.05. The van der Waals surface area contributed by atoms with Crippen LogP contribution in [0.2, 0.25) is 0 Å². The van der Waals surface area contributed by atoms with Crippen LogP contribution in [-0.2, 0) is 12.3 Å². The van der Waals surface area contributed by atoms with Gasteiger partial charge in [-0.15, -0.1) is 10.2 Å². The number of hydrogen-bond donors (Lipinski definition) is 0. The second-order valence-electron chi connectivity index (χ2n) is 6.47. The first-order chi connectivity index (χ1) is 13.6. The number of thioether (sulfide) groups is 1. The zero-order chi connectivity index (χ0) is 19.7. The standard InChI is InChI=1S/C20H18BrFN4OS/c1-2-3-10-25-18(27)15-6-4-5-7-17(15)26-19(25)23-24-20(26)28-12-13-8-9-14(21)11-16(13)22/h4-9,11H,2-3,10,12H2,1H3. The maximum atomic E-state index is 14.2. The highest BCUT2D eigenvalue weighted by Crippen LogP contribution is 2.26. The lowest BCUT2D eigenvalue weighted by molar-refractivity contribution is 0.616. The van der Waals surface area contributed by atoms with E-state index in [1.165, 1.54) is 17.8 Å². The smallest absolute Gasteiger partial charge is 0.262 e. The minimum atomic E-state index is -0.264. The molecule has 4 aromatic rings. The van der Waals surface area contributed by atoms with E-state index >= 15 is 0 Å². The van der Waals surface area contributed by atoms with Gasteiger partial charge in [0.15, 0.2) is 5.16 Å². The summed E-state index contributed by atoms with van der Waals surface area (Å²) < 4.78 is 18.5. The molecule has 0 radical (unpaired) electrons. The van der Waals surface area contributed by atoms with Crippen LogP contribution in [0.15, 0.2) is 56.9 Å². The molecule has 2 aromatic heterocycles. The van der Waals surface area contributed by atoms with Gasteiger partial charge < -0.3 is 0 Å². The van der Waals surface area contributed by atoms with Crippen molar-refractivity contribution in [1.29, 1.82) is 0 Å². The predicted octanol–water partition coefficient (Wildman–Crippen LogP) is 5.04. The zero-order valence-corrected chi connectivity index (χ0v) is 17.6. The second-order valence-corrected chi connectivity index (χ2v) is 8.33. The van der Waals surface area contributed by atoms with E-state index in [1.54, 1.807) is 10.6 Å². The maximum absolute atomic E-state index is 14.2. The van der Waals surface area contributed by atoms with E-state index in [9.17, 15) is 9.18 Å². The Labute approximate surface area is 173 Å². The lowest BCUT2D eigenvalue weighted by Crippen LogP contribution is -2.23. The summed E-state index contributed by atoms with van der Waals surface area (Å²) in [6.07, 6.45) is 1.86. The van der Waals surface area contributed by atoms with Crippen LogP contribution in [-0.4, -0.2) is 19.2 Å². The van der Waals surface area contributed by atoms with Crippen molar-refractivity contribution in [1.82, 2.24) is 19.2 Å². The third-order valence-electron chi connectivity index (χ3n) is 4.59. The van der Waals surface area contributed by atoms with Gasteiger partial charge in [0, 0.05) is 16.8 Å². The topological polar surface area (TPSA) is 52.2 Å². The quantitative estimate of drug-likeness (QED) is 0.378. The molecular weight excluding hydrogens is 443 g/mol. The molecule has 28 heavy (non-hydrogen) atoms. The maximum Gasteiger partial charge on any atom is 0.262 e. The molecule has 0 atom stereocenters. The van der Waals surface area contributed by atoms with E-state index in [1.807, 2.05) is 34.7 Å². The molecule has 0 aliphatic carbocycles. The minimum absolute atomic E-state index is 0.0561. The summed E-state index contributed by atoms with van der Waals surface area (Å²) in [5.74, 6) is 0.679. The molecule has 0 saturated carbocycles. The molecule has 2 aromatic carbocycles. The van der Waals surface area contributed by atoms with Gasteiger partial charge >= 0.3 is 0 Å². The van der Waals surface area contributed by atoms with Gasteiger partial charge in [-0.25, -0.2) is 4.39 Å². The molecule has 0 amide bonds. The Bertz CT molecular complexity index is 1220. The molecule has 0 N–H and O–H groups in total. The summed E-state index contributed by atoms with van der Waals surface area (Å²) in [4.78, 5) is 12.9. The average Bonchev–Trinajstić information content (AvgIpc) is 3.11. The van der Waals surface area contributed by atoms with Crippen molar-refractivity contribution < 1.29 is 4.39 Å². The fourth-order valence-corrected chi connectivity index (χ4v) is 4.39. The lowest BCUT2D eigenvalue weighted by Gasteiger charge is -2.11. The third kappa shape index (κ3) is 3.46. The monoisotopic (exact) mass is 460 g/mol. The number of rotatable bonds is 6. The van der Waals surface area contributed by atoms with Crippen LogP contribution in [0, 0.1) is 5.82 Å². The molecule has 144 valence electrons. The first kappa shape index (κ1) is 19.1. The summed E-state index contributed by atoms with van der Waals surface area (Å²) in [5.41, 5.74) is 1.30. The minimum Gasteiger partial charge on any atom is -0.276 e. The molecule has 0 unspecified atom stereocenters. The number of halogens is 2. The van der Waals surface area contributed by atoms with Crippen LogP contribution in [0.25, 0.3) is 16.7 Å². The molecule has 0 aliphatic heterocycles. The van der Waals surface area contributed by atoms with Gasteiger partial charge in [-0.2, -0.15) is 0 Å². The van der Waals surface area contributed by atoms with Gasteiger partial charge in [0.2, 0.25) is 5.78 Å². The number of benzene rings is 2. The summed E-state index contributed by atoms with van der Waals surface area (Å²) in [5, 5.41) is 9.85. The molecule has 8 heteroatoms. The average molecular weight is 461 g/mol. The van der Waals surface area contributed by atoms with Gasteiger partial charge in [-0.3, -0.25) is 13.8 Å². The Hall–Kier alpha value is -2.19. The van der Waals surface area contributed by atoms with Crippen molar-refractivity contribution in [3.05, 3.63) is 68.7 Å². The van der Waals surface area contributed by atoms with Crippen LogP contribution >= 0.6 is 27.7 Å². The Balaban J connectivity index is 1.81. The third-order valence-corrected chi connectivity index (χ3v) is 6.06. The Morgan fingerprint density at radius 2 is 2.00 bits per heavy atom. The molecular formula is C20H18BrFN4OS. The number of unbranched alkanes of at least 4 members (excludes halogenated alkanes) is 1. The summed E-state index contributed by atoms with van der Waals surface area (Å²) >= 11 is 4.68. The van der Waals surface area contributed by atoms with E-state index in [4.69, 9.17) is 0 Å². The van der Waals surface area contributed by atoms with Crippen molar-refractivity contribution in [2.24, 2.45) is 0 Å². The molecule has 0 bridgehead atoms. The van der Waals surface area contributed by atoms with Crippen molar-refractivity contribution in [2.75, 3.05) is 0 Å². The Kier molecular flexibility index (Phi) is 5.50. The van der Waals surface area contributed by atoms with Crippen LogP contribution in [0.5, 0.6) is 0 Å². The number of fused-ring (bicyclic) bond motifs is 3. The highest BCUT2D eigenvalue weighted by atomic mass is 79.9. The van der Waals surface area contributed by atoms with Crippen LogP contribution in [0.4, 0.5) is 4.39 Å². The van der Waals surface area contributed by atoms with Crippen molar-refractivity contribution >= 4 is 44.4 Å². The van der Waals surface area contributed by atoms with E-state index in [2.05, 4.69) is 33.1 Å². The normalized spacial score (nSPS) is 11.5.